The Labute approximate surface area is 206 Å². The molecule has 3 heteroatoms. The van der Waals surface area contributed by atoms with E-state index >= 15 is 0 Å². The van der Waals surface area contributed by atoms with Crippen LogP contribution in [0.5, 0.6) is 11.5 Å². The van der Waals surface area contributed by atoms with Crippen molar-refractivity contribution in [1.82, 2.24) is 4.90 Å². The summed E-state index contributed by atoms with van der Waals surface area (Å²) in [5.41, 5.74) is 7.26. The summed E-state index contributed by atoms with van der Waals surface area (Å²) in [6.45, 7) is 19.0. The zero-order valence-electron chi connectivity index (χ0n) is 22.2. The molecule has 0 bridgehead atoms. The summed E-state index contributed by atoms with van der Waals surface area (Å²) in [4.78, 5) is 2.30. The number of hydrogen-bond donors (Lipinski definition) is 2. The smallest absolute Gasteiger partial charge is 0.122 e. The fraction of sp³-hybridized carbons (Fsp3) is 0.419. The minimum absolute atomic E-state index is 0.00606. The first-order valence-corrected chi connectivity index (χ1v) is 12.2. The summed E-state index contributed by atoms with van der Waals surface area (Å²) in [6.07, 6.45) is 0. The highest BCUT2D eigenvalue weighted by atomic mass is 16.3. The lowest BCUT2D eigenvalue weighted by atomic mass is 9.84. The van der Waals surface area contributed by atoms with Crippen molar-refractivity contribution in [3.8, 4) is 11.5 Å². The molecule has 3 aromatic rings. The monoisotopic (exact) mass is 459 g/mol. The van der Waals surface area contributed by atoms with Crippen LogP contribution < -0.4 is 0 Å². The van der Waals surface area contributed by atoms with E-state index in [-0.39, 0.29) is 10.8 Å². The fourth-order valence-electron chi connectivity index (χ4n) is 4.30. The molecule has 0 unspecified atom stereocenters. The third-order valence-corrected chi connectivity index (χ3v) is 6.53. The van der Waals surface area contributed by atoms with Crippen molar-refractivity contribution in [3.05, 3.63) is 93.5 Å². The van der Waals surface area contributed by atoms with E-state index in [0.29, 0.717) is 24.6 Å². The number of benzene rings is 3. The maximum absolute atomic E-state index is 10.9. The standard InChI is InChI=1S/C31H41NO2/c1-21-14-26(30(3,4)5)16-24(28(21)33)19-32(18-23-12-10-9-11-13-23)20-25-17-27(31(6,7)8)15-22(2)29(25)34/h9-17,33-34H,18-20H2,1-8H3. The number of rotatable bonds is 6. The van der Waals surface area contributed by atoms with Gasteiger partial charge in [0, 0.05) is 30.8 Å². The average molecular weight is 460 g/mol. The highest BCUT2D eigenvalue weighted by Crippen LogP contribution is 2.34. The second kappa shape index (κ2) is 9.84. The van der Waals surface area contributed by atoms with Crippen LogP contribution in [0.1, 0.15) is 80.5 Å². The molecule has 0 aliphatic heterocycles. The SMILES string of the molecule is Cc1cc(C(C)(C)C)cc(CN(Cc2ccccc2)Cc2cc(C(C)(C)C)cc(C)c2O)c1O. The summed E-state index contributed by atoms with van der Waals surface area (Å²) in [6, 6.07) is 18.8. The van der Waals surface area contributed by atoms with Crippen LogP contribution in [0, 0.1) is 13.8 Å². The first-order valence-electron chi connectivity index (χ1n) is 12.2. The molecule has 0 saturated heterocycles. The van der Waals surface area contributed by atoms with Gasteiger partial charge in [0.1, 0.15) is 11.5 Å². The zero-order valence-corrected chi connectivity index (χ0v) is 22.2. The Balaban J connectivity index is 2.03. The first-order chi connectivity index (χ1) is 15.8. The minimum atomic E-state index is -0.00606. The van der Waals surface area contributed by atoms with Crippen LogP contribution in [0.25, 0.3) is 0 Å². The Morgan fingerprint density at radius 1 is 0.618 bits per heavy atom. The molecule has 0 atom stereocenters. The van der Waals surface area contributed by atoms with Gasteiger partial charge >= 0.3 is 0 Å². The number of phenols is 2. The van der Waals surface area contributed by atoms with E-state index in [1.54, 1.807) is 0 Å². The number of aromatic hydroxyl groups is 2. The molecule has 2 N–H and O–H groups in total. The Bertz CT molecular complexity index is 1060. The van der Waals surface area contributed by atoms with Crippen molar-refractivity contribution in [3.63, 3.8) is 0 Å². The first kappa shape index (κ1) is 25.8. The molecular formula is C31H41NO2. The summed E-state index contributed by atoms with van der Waals surface area (Å²) in [5.74, 6) is 0.713. The third-order valence-electron chi connectivity index (χ3n) is 6.53. The van der Waals surface area contributed by atoms with Gasteiger partial charge in [0.2, 0.25) is 0 Å². The Morgan fingerprint density at radius 3 is 1.41 bits per heavy atom. The van der Waals surface area contributed by atoms with E-state index in [2.05, 4.69) is 95.0 Å². The van der Waals surface area contributed by atoms with Gasteiger partial charge in [-0.05, 0) is 52.5 Å². The normalized spacial score (nSPS) is 12.4. The quantitative estimate of drug-likeness (QED) is 0.401. The van der Waals surface area contributed by atoms with Crippen molar-refractivity contribution in [2.75, 3.05) is 0 Å². The number of aryl methyl sites for hydroxylation is 2. The van der Waals surface area contributed by atoms with Gasteiger partial charge in [0.25, 0.3) is 0 Å². The summed E-state index contributed by atoms with van der Waals surface area (Å²) >= 11 is 0. The molecule has 34 heavy (non-hydrogen) atoms. The molecule has 3 nitrogen and oxygen atoms in total. The predicted molar refractivity (Wildman–Crippen MR) is 142 cm³/mol. The molecule has 3 aromatic carbocycles. The van der Waals surface area contributed by atoms with Crippen LogP contribution in [0.2, 0.25) is 0 Å². The highest BCUT2D eigenvalue weighted by Gasteiger charge is 2.22. The second-order valence-corrected chi connectivity index (χ2v) is 11.7. The zero-order chi connectivity index (χ0) is 25.3. The Morgan fingerprint density at radius 2 is 1.03 bits per heavy atom. The third kappa shape index (κ3) is 6.21. The van der Waals surface area contributed by atoms with Gasteiger partial charge < -0.3 is 10.2 Å². The lowest BCUT2D eigenvalue weighted by molar-refractivity contribution is 0.240. The van der Waals surface area contributed by atoms with E-state index in [1.165, 1.54) is 16.7 Å². The largest absolute Gasteiger partial charge is 0.507 e. The van der Waals surface area contributed by atoms with Crippen LogP contribution in [0.4, 0.5) is 0 Å². The van der Waals surface area contributed by atoms with Gasteiger partial charge in [-0.2, -0.15) is 0 Å². The number of phenolic OH excluding ortho intramolecular Hbond substituents is 2. The molecule has 182 valence electrons. The van der Waals surface area contributed by atoms with Gasteiger partial charge in [-0.1, -0.05) is 96.1 Å². The van der Waals surface area contributed by atoms with Crippen LogP contribution in [0.15, 0.2) is 54.6 Å². The number of hydrogen-bond acceptors (Lipinski definition) is 3. The van der Waals surface area contributed by atoms with E-state index in [9.17, 15) is 10.2 Å². The lowest BCUT2D eigenvalue weighted by Gasteiger charge is -2.28. The summed E-state index contributed by atoms with van der Waals surface area (Å²) < 4.78 is 0. The highest BCUT2D eigenvalue weighted by molar-refractivity contribution is 5.46. The van der Waals surface area contributed by atoms with Crippen molar-refractivity contribution in [2.24, 2.45) is 0 Å². The van der Waals surface area contributed by atoms with E-state index in [4.69, 9.17) is 0 Å². The van der Waals surface area contributed by atoms with Crippen LogP contribution in [0.3, 0.4) is 0 Å². The fourth-order valence-corrected chi connectivity index (χ4v) is 4.30. The van der Waals surface area contributed by atoms with E-state index < -0.39 is 0 Å². The average Bonchev–Trinajstić information content (AvgIpc) is 2.73. The summed E-state index contributed by atoms with van der Waals surface area (Å²) in [7, 11) is 0. The summed E-state index contributed by atoms with van der Waals surface area (Å²) in [5, 5.41) is 21.9. The topological polar surface area (TPSA) is 43.7 Å². The molecular weight excluding hydrogens is 418 g/mol. The van der Waals surface area contributed by atoms with Gasteiger partial charge in [0.05, 0.1) is 0 Å². The van der Waals surface area contributed by atoms with Gasteiger partial charge in [-0.25, -0.2) is 0 Å². The molecule has 0 spiro atoms. The molecule has 0 heterocycles. The molecule has 0 amide bonds. The van der Waals surface area contributed by atoms with E-state index in [0.717, 1.165) is 28.8 Å². The molecule has 0 aromatic heterocycles. The maximum atomic E-state index is 10.9. The van der Waals surface area contributed by atoms with Crippen molar-refractivity contribution in [1.29, 1.82) is 0 Å². The van der Waals surface area contributed by atoms with E-state index in [1.807, 2.05) is 19.9 Å². The van der Waals surface area contributed by atoms with Crippen LogP contribution in [-0.2, 0) is 30.5 Å². The molecule has 0 saturated carbocycles. The van der Waals surface area contributed by atoms with Gasteiger partial charge in [0.15, 0.2) is 0 Å². The second-order valence-electron chi connectivity index (χ2n) is 11.7. The van der Waals surface area contributed by atoms with Crippen LogP contribution >= 0.6 is 0 Å². The van der Waals surface area contributed by atoms with Crippen LogP contribution in [-0.4, -0.2) is 15.1 Å². The van der Waals surface area contributed by atoms with Crippen molar-refractivity contribution < 1.29 is 10.2 Å². The maximum Gasteiger partial charge on any atom is 0.122 e. The lowest BCUT2D eigenvalue weighted by Crippen LogP contribution is -2.24. The minimum Gasteiger partial charge on any atom is -0.507 e. The predicted octanol–water partition coefficient (Wildman–Crippen LogP) is 7.51. The van der Waals surface area contributed by atoms with Gasteiger partial charge in [-0.15, -0.1) is 0 Å². The molecule has 0 aliphatic rings. The van der Waals surface area contributed by atoms with Gasteiger partial charge in [-0.3, -0.25) is 4.90 Å². The Kier molecular flexibility index (Phi) is 7.47. The van der Waals surface area contributed by atoms with Crippen molar-refractivity contribution in [2.45, 2.75) is 85.9 Å². The number of nitrogens with zero attached hydrogens (tertiary/aromatic N) is 1. The Hall–Kier alpha value is -2.78. The molecule has 3 rings (SSSR count). The van der Waals surface area contributed by atoms with Crippen molar-refractivity contribution >= 4 is 0 Å². The molecule has 0 radical (unpaired) electrons. The molecule has 0 fully saturated rings. The molecule has 0 aliphatic carbocycles.